The van der Waals surface area contributed by atoms with Gasteiger partial charge in [-0.25, -0.2) is 4.98 Å². The predicted molar refractivity (Wildman–Crippen MR) is 97.7 cm³/mol. The number of nitrogens with one attached hydrogen (secondary N) is 1. The van der Waals surface area contributed by atoms with Crippen LogP contribution in [0, 0.1) is 0 Å². The lowest BCUT2D eigenvalue weighted by molar-refractivity contribution is 0.0934. The van der Waals surface area contributed by atoms with Gasteiger partial charge in [0.15, 0.2) is 0 Å². The van der Waals surface area contributed by atoms with E-state index in [9.17, 15) is 4.79 Å². The Kier molecular flexibility index (Phi) is 4.09. The van der Waals surface area contributed by atoms with Crippen LogP contribution in [0.5, 0.6) is 0 Å². The summed E-state index contributed by atoms with van der Waals surface area (Å²) in [6.07, 6.45) is 9.06. The van der Waals surface area contributed by atoms with Crippen molar-refractivity contribution in [2.24, 2.45) is 7.05 Å². The number of rotatable bonds is 3. The molecule has 4 rings (SSSR count). The number of hydrogen-bond acceptors (Lipinski definition) is 4. The van der Waals surface area contributed by atoms with Crippen LogP contribution < -0.4 is 10.2 Å². The zero-order chi connectivity index (χ0) is 17.2. The van der Waals surface area contributed by atoms with Gasteiger partial charge < -0.3 is 14.8 Å². The second-order valence-electron chi connectivity index (χ2n) is 6.49. The molecule has 128 valence electrons. The summed E-state index contributed by atoms with van der Waals surface area (Å²) in [5.41, 5.74) is 1.80. The first-order chi connectivity index (χ1) is 12.2. The van der Waals surface area contributed by atoms with Crippen LogP contribution in [0.2, 0.25) is 0 Å². The average Bonchev–Trinajstić information content (AvgIpc) is 3.00. The third kappa shape index (κ3) is 3.07. The number of anilines is 1. The second-order valence-corrected chi connectivity index (χ2v) is 6.49. The number of carbonyl (C=O) groups excluding carboxylic acids is 1. The molecule has 3 heterocycles. The van der Waals surface area contributed by atoms with Crippen LogP contribution >= 0.6 is 0 Å². The van der Waals surface area contributed by atoms with E-state index in [2.05, 4.69) is 20.2 Å². The van der Waals surface area contributed by atoms with Gasteiger partial charge in [-0.05, 0) is 18.9 Å². The average molecular weight is 335 g/mol. The third-order valence-corrected chi connectivity index (χ3v) is 4.77. The summed E-state index contributed by atoms with van der Waals surface area (Å²) < 4.78 is 2.00. The number of fused-ring (bicyclic) bond motifs is 1. The maximum absolute atomic E-state index is 12.8. The van der Waals surface area contributed by atoms with Crippen molar-refractivity contribution in [2.45, 2.75) is 18.9 Å². The molecule has 3 aromatic rings. The number of hydrogen-bond donors (Lipinski definition) is 1. The summed E-state index contributed by atoms with van der Waals surface area (Å²) in [5.74, 6) is 0.856. The van der Waals surface area contributed by atoms with Crippen molar-refractivity contribution < 1.29 is 4.79 Å². The molecule has 1 saturated heterocycles. The molecule has 1 atom stereocenters. The van der Waals surface area contributed by atoms with Crippen LogP contribution in [0.25, 0.3) is 10.9 Å². The minimum Gasteiger partial charge on any atom is -0.353 e. The van der Waals surface area contributed by atoms with Crippen LogP contribution in [0.1, 0.15) is 23.2 Å². The fourth-order valence-electron chi connectivity index (χ4n) is 3.54. The van der Waals surface area contributed by atoms with Gasteiger partial charge in [0.05, 0.1) is 11.8 Å². The Morgan fingerprint density at radius 3 is 3.00 bits per heavy atom. The lowest BCUT2D eigenvalue weighted by Crippen LogP contribution is -2.48. The minimum absolute atomic E-state index is 0.0113. The first-order valence-electron chi connectivity index (χ1n) is 8.58. The quantitative estimate of drug-likeness (QED) is 0.798. The maximum Gasteiger partial charge on any atom is 0.253 e. The molecular formula is C19H21N5O. The largest absolute Gasteiger partial charge is 0.353 e. The number of aryl methyl sites for hydroxylation is 1. The van der Waals surface area contributed by atoms with Gasteiger partial charge in [-0.1, -0.05) is 18.2 Å². The number of carbonyl (C=O) groups is 1. The highest BCUT2D eigenvalue weighted by Crippen LogP contribution is 2.21. The van der Waals surface area contributed by atoms with E-state index in [1.54, 1.807) is 18.6 Å². The Morgan fingerprint density at radius 2 is 2.16 bits per heavy atom. The van der Waals surface area contributed by atoms with E-state index in [0.717, 1.165) is 48.2 Å². The highest BCUT2D eigenvalue weighted by Gasteiger charge is 2.24. The molecule has 1 aliphatic heterocycles. The van der Waals surface area contributed by atoms with Gasteiger partial charge in [0, 0.05) is 55.7 Å². The van der Waals surface area contributed by atoms with Gasteiger partial charge in [0.25, 0.3) is 5.91 Å². The van der Waals surface area contributed by atoms with Crippen LogP contribution in [0.4, 0.5) is 5.82 Å². The van der Waals surface area contributed by atoms with Crippen molar-refractivity contribution in [2.75, 3.05) is 18.0 Å². The van der Waals surface area contributed by atoms with Crippen molar-refractivity contribution in [1.82, 2.24) is 19.9 Å². The maximum atomic E-state index is 12.8. The minimum atomic E-state index is -0.0113. The van der Waals surface area contributed by atoms with E-state index < -0.39 is 0 Å². The normalized spacial score (nSPS) is 17.6. The van der Waals surface area contributed by atoms with Crippen LogP contribution in [-0.4, -0.2) is 39.6 Å². The van der Waals surface area contributed by atoms with Crippen molar-refractivity contribution in [1.29, 1.82) is 0 Å². The lowest BCUT2D eigenvalue weighted by Gasteiger charge is -2.33. The molecule has 0 aliphatic carbocycles. The fraction of sp³-hybridized carbons (Fsp3) is 0.316. The summed E-state index contributed by atoms with van der Waals surface area (Å²) >= 11 is 0. The van der Waals surface area contributed by atoms with Gasteiger partial charge in [-0.3, -0.25) is 9.78 Å². The van der Waals surface area contributed by atoms with Gasteiger partial charge in [0.2, 0.25) is 0 Å². The summed E-state index contributed by atoms with van der Waals surface area (Å²) in [6.45, 7) is 1.70. The van der Waals surface area contributed by atoms with Gasteiger partial charge >= 0.3 is 0 Å². The number of para-hydroxylation sites is 1. The van der Waals surface area contributed by atoms with E-state index >= 15 is 0 Å². The number of benzene rings is 1. The van der Waals surface area contributed by atoms with E-state index in [1.807, 2.05) is 42.1 Å². The Bertz CT molecular complexity index is 889. The molecule has 6 heteroatoms. The Morgan fingerprint density at radius 1 is 1.28 bits per heavy atom. The van der Waals surface area contributed by atoms with Gasteiger partial charge in [-0.15, -0.1) is 0 Å². The zero-order valence-corrected chi connectivity index (χ0v) is 14.2. The lowest BCUT2D eigenvalue weighted by atomic mass is 10.0. The smallest absolute Gasteiger partial charge is 0.253 e. The molecule has 1 amide bonds. The zero-order valence-electron chi connectivity index (χ0n) is 14.2. The molecule has 6 nitrogen and oxygen atoms in total. The standard InChI is InChI=1S/C19H21N5O/c1-23-13-16(15-6-2-3-7-17(15)23)19(25)22-14-5-4-10-24(12-14)18-11-20-8-9-21-18/h2-3,6-9,11,13-14H,4-5,10,12H2,1H3,(H,22,25). The molecule has 1 aliphatic rings. The number of piperidine rings is 1. The Balaban J connectivity index is 1.50. The topological polar surface area (TPSA) is 63.1 Å². The monoisotopic (exact) mass is 335 g/mol. The molecule has 2 aromatic heterocycles. The van der Waals surface area contributed by atoms with E-state index in [1.165, 1.54) is 0 Å². The van der Waals surface area contributed by atoms with E-state index in [4.69, 9.17) is 0 Å². The van der Waals surface area contributed by atoms with Gasteiger partial charge in [-0.2, -0.15) is 0 Å². The molecular weight excluding hydrogens is 314 g/mol. The first kappa shape index (κ1) is 15.6. The molecule has 1 unspecified atom stereocenters. The Labute approximate surface area is 146 Å². The highest BCUT2D eigenvalue weighted by molar-refractivity contribution is 6.07. The molecule has 0 saturated carbocycles. The summed E-state index contributed by atoms with van der Waals surface area (Å²) in [5, 5.41) is 4.19. The van der Waals surface area contributed by atoms with Crippen LogP contribution in [0.15, 0.2) is 49.1 Å². The Hall–Kier alpha value is -2.89. The number of nitrogens with zero attached hydrogens (tertiary/aromatic N) is 4. The van der Waals surface area contributed by atoms with Crippen molar-refractivity contribution >= 4 is 22.6 Å². The van der Waals surface area contributed by atoms with Gasteiger partial charge in [0.1, 0.15) is 5.82 Å². The van der Waals surface area contributed by atoms with Crippen molar-refractivity contribution in [3.63, 3.8) is 0 Å². The molecule has 0 spiro atoms. The second kappa shape index (κ2) is 6.55. The molecule has 1 fully saturated rings. The molecule has 0 bridgehead atoms. The third-order valence-electron chi connectivity index (χ3n) is 4.77. The predicted octanol–water partition coefficient (Wildman–Crippen LogP) is 2.37. The van der Waals surface area contributed by atoms with E-state index in [-0.39, 0.29) is 11.9 Å². The summed E-state index contributed by atoms with van der Waals surface area (Å²) in [4.78, 5) is 23.5. The number of aromatic nitrogens is 3. The molecule has 0 radical (unpaired) electrons. The van der Waals surface area contributed by atoms with Crippen molar-refractivity contribution in [3.8, 4) is 0 Å². The number of amides is 1. The van der Waals surface area contributed by atoms with E-state index in [0.29, 0.717) is 0 Å². The molecule has 25 heavy (non-hydrogen) atoms. The molecule has 1 N–H and O–H groups in total. The summed E-state index contributed by atoms with van der Waals surface area (Å²) in [7, 11) is 1.97. The highest BCUT2D eigenvalue weighted by atomic mass is 16.1. The fourth-order valence-corrected chi connectivity index (χ4v) is 3.54. The summed E-state index contributed by atoms with van der Waals surface area (Å²) in [6, 6.07) is 8.10. The molecule has 1 aromatic carbocycles. The van der Waals surface area contributed by atoms with Crippen molar-refractivity contribution in [3.05, 3.63) is 54.6 Å². The van der Waals surface area contributed by atoms with Crippen LogP contribution in [0.3, 0.4) is 0 Å². The van der Waals surface area contributed by atoms with Crippen LogP contribution in [-0.2, 0) is 7.05 Å². The SMILES string of the molecule is Cn1cc(C(=O)NC2CCCN(c3cnccn3)C2)c2ccccc21. The first-order valence-corrected chi connectivity index (χ1v) is 8.58.